The average Bonchev–Trinajstić information content (AvgIpc) is 2.65. The highest BCUT2D eigenvalue weighted by Crippen LogP contribution is 2.27. The Morgan fingerprint density at radius 1 is 1.06 bits per heavy atom. The van der Waals surface area contributed by atoms with Crippen molar-refractivity contribution >= 4 is 5.84 Å². The van der Waals surface area contributed by atoms with Crippen LogP contribution < -0.4 is 5.32 Å². The number of hydrogen-bond donors (Lipinski definition) is 1. The van der Waals surface area contributed by atoms with Crippen molar-refractivity contribution in [3.63, 3.8) is 0 Å². The van der Waals surface area contributed by atoms with Crippen LogP contribution in [0.3, 0.4) is 0 Å². The lowest BCUT2D eigenvalue weighted by atomic mass is 9.97. The zero-order chi connectivity index (χ0) is 11.5. The summed E-state index contributed by atoms with van der Waals surface area (Å²) in [6.45, 7) is 3.69. The molecule has 0 radical (unpaired) electrons. The Balaban J connectivity index is 1.53. The molecule has 2 atom stereocenters. The fraction of sp³-hybridized carbons (Fsp3) is 0.929. The third-order valence-corrected chi connectivity index (χ3v) is 4.57. The molecule has 0 bridgehead atoms. The number of rotatable bonds is 1. The predicted octanol–water partition coefficient (Wildman–Crippen LogP) is 2.18. The molecule has 2 saturated heterocycles. The molecule has 2 fully saturated rings. The molecule has 3 aliphatic heterocycles. The molecule has 3 aliphatic rings. The van der Waals surface area contributed by atoms with Gasteiger partial charge in [0.15, 0.2) is 0 Å². The third kappa shape index (κ3) is 2.82. The molecule has 0 spiro atoms. The van der Waals surface area contributed by atoms with Gasteiger partial charge in [-0.25, -0.2) is 0 Å². The average molecular weight is 235 g/mol. The highest BCUT2D eigenvalue weighted by atomic mass is 15.2. The van der Waals surface area contributed by atoms with Crippen molar-refractivity contribution in [2.24, 2.45) is 4.99 Å². The van der Waals surface area contributed by atoms with Crippen molar-refractivity contribution in [1.82, 2.24) is 10.2 Å². The Morgan fingerprint density at radius 3 is 3.06 bits per heavy atom. The maximum atomic E-state index is 4.69. The van der Waals surface area contributed by atoms with Gasteiger partial charge in [0.05, 0.1) is 5.84 Å². The zero-order valence-corrected chi connectivity index (χ0v) is 10.8. The molecule has 3 heteroatoms. The van der Waals surface area contributed by atoms with Crippen LogP contribution in [0.5, 0.6) is 0 Å². The van der Waals surface area contributed by atoms with Crippen LogP contribution in [0.15, 0.2) is 4.99 Å². The van der Waals surface area contributed by atoms with E-state index >= 15 is 0 Å². The molecule has 2 unspecified atom stereocenters. The number of hydrogen-bond acceptors (Lipinski definition) is 3. The first kappa shape index (κ1) is 11.5. The van der Waals surface area contributed by atoms with E-state index < -0.39 is 0 Å². The van der Waals surface area contributed by atoms with Crippen LogP contribution in [0.1, 0.15) is 51.4 Å². The second kappa shape index (κ2) is 5.38. The van der Waals surface area contributed by atoms with Gasteiger partial charge in [-0.05, 0) is 45.1 Å². The lowest BCUT2D eigenvalue weighted by Gasteiger charge is -2.35. The monoisotopic (exact) mass is 235 g/mol. The van der Waals surface area contributed by atoms with Crippen molar-refractivity contribution in [3.05, 3.63) is 0 Å². The number of piperidine rings is 1. The van der Waals surface area contributed by atoms with E-state index in [1.54, 1.807) is 0 Å². The van der Waals surface area contributed by atoms with Gasteiger partial charge < -0.3 is 10.2 Å². The van der Waals surface area contributed by atoms with Crippen LogP contribution in [-0.4, -0.2) is 42.5 Å². The van der Waals surface area contributed by atoms with Gasteiger partial charge >= 0.3 is 0 Å². The summed E-state index contributed by atoms with van der Waals surface area (Å²) in [6, 6.07) is 1.57. The van der Waals surface area contributed by atoms with Crippen molar-refractivity contribution in [1.29, 1.82) is 0 Å². The van der Waals surface area contributed by atoms with Gasteiger partial charge in [-0.15, -0.1) is 0 Å². The van der Waals surface area contributed by atoms with E-state index in [9.17, 15) is 0 Å². The van der Waals surface area contributed by atoms with Gasteiger partial charge in [-0.3, -0.25) is 4.99 Å². The Hall–Kier alpha value is -0.570. The van der Waals surface area contributed by atoms with E-state index in [0.29, 0.717) is 6.04 Å². The topological polar surface area (TPSA) is 27.6 Å². The van der Waals surface area contributed by atoms with E-state index in [0.717, 1.165) is 12.6 Å². The summed E-state index contributed by atoms with van der Waals surface area (Å²) in [5, 5.41) is 3.73. The van der Waals surface area contributed by atoms with Crippen LogP contribution in [0.2, 0.25) is 0 Å². The molecule has 3 rings (SSSR count). The lowest BCUT2D eigenvalue weighted by molar-refractivity contribution is 0.175. The van der Waals surface area contributed by atoms with Crippen LogP contribution >= 0.6 is 0 Å². The van der Waals surface area contributed by atoms with Crippen LogP contribution in [0.25, 0.3) is 0 Å². The minimum atomic E-state index is 0.700. The Morgan fingerprint density at radius 2 is 2.06 bits per heavy atom. The molecule has 0 amide bonds. The summed E-state index contributed by atoms with van der Waals surface area (Å²) < 4.78 is 0. The Kier molecular flexibility index (Phi) is 3.65. The number of fused-ring (bicyclic) bond motifs is 1. The summed E-state index contributed by atoms with van der Waals surface area (Å²) >= 11 is 0. The first-order valence-corrected chi connectivity index (χ1v) is 7.46. The largest absolute Gasteiger partial charge is 0.371 e. The predicted molar refractivity (Wildman–Crippen MR) is 71.5 cm³/mol. The number of amidine groups is 1. The zero-order valence-electron chi connectivity index (χ0n) is 10.8. The fourth-order valence-electron chi connectivity index (χ4n) is 3.58. The number of aliphatic imine (C=N–C) groups is 1. The standard InChI is InChI=1S/C14H25N3/c1-2-6-14(15-8-3-1)16-12-7-10-17-9-4-5-13(17)11-12/h12-13H,1-11H2,(H,15,16). The van der Waals surface area contributed by atoms with E-state index in [2.05, 4.69) is 10.2 Å². The van der Waals surface area contributed by atoms with E-state index in [1.165, 1.54) is 70.3 Å². The maximum absolute atomic E-state index is 4.69. The molecular weight excluding hydrogens is 210 g/mol. The number of nitrogens with zero attached hydrogens (tertiary/aromatic N) is 2. The van der Waals surface area contributed by atoms with E-state index in [1.807, 2.05) is 0 Å². The van der Waals surface area contributed by atoms with Gasteiger partial charge in [0.25, 0.3) is 0 Å². The summed E-state index contributed by atoms with van der Waals surface area (Å²) in [7, 11) is 0. The second-order valence-electron chi connectivity index (χ2n) is 5.84. The third-order valence-electron chi connectivity index (χ3n) is 4.57. The Labute approximate surface area is 105 Å². The minimum absolute atomic E-state index is 0.700. The summed E-state index contributed by atoms with van der Waals surface area (Å²) in [5.41, 5.74) is 0. The van der Waals surface area contributed by atoms with E-state index in [-0.39, 0.29) is 0 Å². The smallest absolute Gasteiger partial charge is 0.0965 e. The highest BCUT2D eigenvalue weighted by molar-refractivity contribution is 5.82. The van der Waals surface area contributed by atoms with Crippen molar-refractivity contribution < 1.29 is 0 Å². The maximum Gasteiger partial charge on any atom is 0.0965 e. The molecule has 0 aromatic heterocycles. The first-order valence-electron chi connectivity index (χ1n) is 7.46. The van der Waals surface area contributed by atoms with Gasteiger partial charge in [0.2, 0.25) is 0 Å². The summed E-state index contributed by atoms with van der Waals surface area (Å²) in [4.78, 5) is 7.38. The number of nitrogens with one attached hydrogen (secondary N) is 1. The summed E-state index contributed by atoms with van der Waals surface area (Å²) in [6.07, 6.45) is 10.7. The quantitative estimate of drug-likeness (QED) is 0.754. The van der Waals surface area contributed by atoms with Gasteiger partial charge in [0, 0.05) is 31.6 Å². The van der Waals surface area contributed by atoms with Crippen molar-refractivity contribution in [2.45, 2.75) is 63.5 Å². The molecule has 3 heterocycles. The van der Waals surface area contributed by atoms with Gasteiger partial charge in [-0.1, -0.05) is 6.42 Å². The van der Waals surface area contributed by atoms with Gasteiger partial charge in [-0.2, -0.15) is 0 Å². The Bertz CT molecular complexity index is 287. The van der Waals surface area contributed by atoms with Crippen LogP contribution in [-0.2, 0) is 0 Å². The van der Waals surface area contributed by atoms with Crippen molar-refractivity contribution in [3.8, 4) is 0 Å². The fourth-order valence-corrected chi connectivity index (χ4v) is 3.58. The molecule has 0 aliphatic carbocycles. The molecule has 17 heavy (non-hydrogen) atoms. The molecule has 3 nitrogen and oxygen atoms in total. The molecule has 0 aromatic rings. The van der Waals surface area contributed by atoms with E-state index in [4.69, 9.17) is 4.99 Å². The SMILES string of the molecule is C1CCN=C(NC2CCN3CCCC3C2)CC1. The molecule has 0 aromatic carbocycles. The van der Waals surface area contributed by atoms with Crippen LogP contribution in [0.4, 0.5) is 0 Å². The molecule has 1 N–H and O–H groups in total. The minimum Gasteiger partial charge on any atom is -0.371 e. The lowest BCUT2D eigenvalue weighted by Crippen LogP contribution is -2.47. The molecule has 0 saturated carbocycles. The summed E-state index contributed by atoms with van der Waals surface area (Å²) in [5.74, 6) is 1.30. The molecule has 96 valence electrons. The van der Waals surface area contributed by atoms with Gasteiger partial charge in [0.1, 0.15) is 0 Å². The molecular formula is C14H25N3. The van der Waals surface area contributed by atoms with Crippen LogP contribution in [0, 0.1) is 0 Å². The second-order valence-corrected chi connectivity index (χ2v) is 5.84. The first-order chi connectivity index (χ1) is 8.42. The normalized spacial score (nSPS) is 34.9. The highest BCUT2D eigenvalue weighted by Gasteiger charge is 2.31. The van der Waals surface area contributed by atoms with Crippen molar-refractivity contribution in [2.75, 3.05) is 19.6 Å².